The molecule has 4 nitrogen and oxygen atoms in total. The Hall–Kier alpha value is -2.52. The van der Waals surface area contributed by atoms with Crippen LogP contribution in [0.2, 0.25) is 0 Å². The molecule has 0 fully saturated rings. The normalized spacial score (nSPS) is 13.3. The molecule has 30 heavy (non-hydrogen) atoms. The van der Waals surface area contributed by atoms with Crippen molar-refractivity contribution in [2.24, 2.45) is 5.41 Å². The van der Waals surface area contributed by atoms with Gasteiger partial charge in [-0.1, -0.05) is 56.0 Å². The number of allylic oxidation sites excluding steroid dienone is 7. The summed E-state index contributed by atoms with van der Waals surface area (Å²) in [5.74, 6) is -3.22. The highest BCUT2D eigenvalue weighted by Crippen LogP contribution is 2.34. The van der Waals surface area contributed by atoms with Gasteiger partial charge in [0, 0.05) is 0 Å². The predicted molar refractivity (Wildman–Crippen MR) is 98.2 cm³/mol. The summed E-state index contributed by atoms with van der Waals surface area (Å²) in [6.07, 6.45) is 0.237. The van der Waals surface area contributed by atoms with Crippen LogP contribution in [0.25, 0.3) is 0 Å². The molecular formula is C20H24F6O4. The fourth-order valence-electron chi connectivity index (χ4n) is 2.21. The molecule has 0 N–H and O–H groups in total. The highest BCUT2D eigenvalue weighted by molar-refractivity contribution is 6.00. The summed E-state index contributed by atoms with van der Waals surface area (Å²) in [5, 5.41) is 0. The molecule has 0 heterocycles. The third kappa shape index (κ3) is 11.5. The smallest absolute Gasteiger partial charge is 0.422 e. The molecule has 0 unspecified atom stereocenters. The molecule has 0 radical (unpaired) electrons. The van der Waals surface area contributed by atoms with Gasteiger partial charge in [-0.15, -0.1) is 0 Å². The first-order valence-electron chi connectivity index (χ1n) is 8.95. The molecule has 0 saturated heterocycles. The van der Waals surface area contributed by atoms with Crippen LogP contribution in [0.1, 0.15) is 32.6 Å². The van der Waals surface area contributed by atoms with Gasteiger partial charge < -0.3 is 9.47 Å². The van der Waals surface area contributed by atoms with Crippen molar-refractivity contribution < 1.29 is 45.4 Å². The molecule has 0 aliphatic carbocycles. The van der Waals surface area contributed by atoms with Crippen molar-refractivity contribution in [3.05, 3.63) is 49.1 Å². The van der Waals surface area contributed by atoms with E-state index in [0.29, 0.717) is 6.42 Å². The van der Waals surface area contributed by atoms with Gasteiger partial charge in [-0.05, 0) is 25.7 Å². The third-order valence-electron chi connectivity index (χ3n) is 3.61. The van der Waals surface area contributed by atoms with Crippen molar-refractivity contribution >= 4 is 11.9 Å². The van der Waals surface area contributed by atoms with Gasteiger partial charge in [0.25, 0.3) is 0 Å². The lowest BCUT2D eigenvalue weighted by Crippen LogP contribution is -2.44. The Labute approximate surface area is 170 Å². The average Bonchev–Trinajstić information content (AvgIpc) is 2.64. The molecule has 0 aromatic rings. The molecule has 0 amide bonds. The quantitative estimate of drug-likeness (QED) is 0.170. The number of rotatable bonds is 12. The minimum absolute atomic E-state index is 0.0209. The number of esters is 2. The lowest BCUT2D eigenvalue weighted by molar-refractivity contribution is -0.206. The van der Waals surface area contributed by atoms with Gasteiger partial charge in [0.1, 0.15) is 0 Å². The second-order valence-electron chi connectivity index (χ2n) is 6.14. The van der Waals surface area contributed by atoms with Gasteiger partial charge in [-0.2, -0.15) is 26.3 Å². The highest BCUT2D eigenvalue weighted by Gasteiger charge is 2.49. The van der Waals surface area contributed by atoms with Crippen LogP contribution in [0.5, 0.6) is 0 Å². The third-order valence-corrected chi connectivity index (χ3v) is 3.61. The molecule has 0 aliphatic heterocycles. The van der Waals surface area contributed by atoms with Crippen LogP contribution in [0, 0.1) is 5.41 Å². The standard InChI is InChI=1S/C20H24F6O4/c1-3-5-7-9-11-13-18(12-10-8-6-4-2,16(27)29-14-19(21,22)23)17(28)30-15-20(24,25)26/h4-9,11H,2-3,10,12-15H2,1H3/b7-5+,8-6+,11-9+. The summed E-state index contributed by atoms with van der Waals surface area (Å²) in [6, 6.07) is 0. The molecule has 0 aliphatic rings. The Balaban J connectivity index is 5.87. The van der Waals surface area contributed by atoms with Crippen LogP contribution in [0.15, 0.2) is 49.1 Å². The number of hydrogen-bond acceptors (Lipinski definition) is 4. The Morgan fingerprint density at radius 2 is 1.33 bits per heavy atom. The number of halogens is 6. The topological polar surface area (TPSA) is 52.6 Å². The zero-order chi connectivity index (χ0) is 23.3. The summed E-state index contributed by atoms with van der Waals surface area (Å²) in [4.78, 5) is 24.9. The van der Waals surface area contributed by atoms with Crippen LogP contribution in [-0.2, 0) is 19.1 Å². The van der Waals surface area contributed by atoms with E-state index in [-0.39, 0.29) is 6.42 Å². The molecule has 170 valence electrons. The first kappa shape index (κ1) is 27.5. The van der Waals surface area contributed by atoms with E-state index < -0.39 is 55.8 Å². The number of carbonyl (C=O) groups is 2. The number of alkyl halides is 6. The molecule has 0 atom stereocenters. The van der Waals surface area contributed by atoms with Crippen molar-refractivity contribution in [1.82, 2.24) is 0 Å². The average molecular weight is 442 g/mol. The summed E-state index contributed by atoms with van der Waals surface area (Å²) in [5.41, 5.74) is -2.38. The minimum Gasteiger partial charge on any atom is -0.455 e. The Morgan fingerprint density at radius 1 is 0.833 bits per heavy atom. The minimum atomic E-state index is -4.88. The highest BCUT2D eigenvalue weighted by atomic mass is 19.4. The number of carbonyl (C=O) groups excluding carboxylic acids is 2. The van der Waals surface area contributed by atoms with E-state index in [4.69, 9.17) is 0 Å². The van der Waals surface area contributed by atoms with E-state index >= 15 is 0 Å². The Bertz CT molecular complexity index is 615. The van der Waals surface area contributed by atoms with E-state index in [0.717, 1.165) is 0 Å². The van der Waals surface area contributed by atoms with E-state index in [1.807, 2.05) is 6.92 Å². The molecule has 10 heteroatoms. The van der Waals surface area contributed by atoms with Gasteiger partial charge >= 0.3 is 24.3 Å². The number of hydrogen-bond donors (Lipinski definition) is 0. The Kier molecular flexibility index (Phi) is 11.8. The zero-order valence-electron chi connectivity index (χ0n) is 16.4. The molecule has 0 spiro atoms. The van der Waals surface area contributed by atoms with Crippen LogP contribution < -0.4 is 0 Å². The fraction of sp³-hybridized carbons (Fsp3) is 0.500. The van der Waals surface area contributed by atoms with Crippen LogP contribution >= 0.6 is 0 Å². The summed E-state index contributed by atoms with van der Waals surface area (Å²) in [6.45, 7) is 1.29. The summed E-state index contributed by atoms with van der Waals surface area (Å²) in [7, 11) is 0. The second kappa shape index (κ2) is 12.9. The monoisotopic (exact) mass is 442 g/mol. The van der Waals surface area contributed by atoms with Gasteiger partial charge in [0.2, 0.25) is 0 Å². The second-order valence-corrected chi connectivity index (χ2v) is 6.14. The molecular weight excluding hydrogens is 418 g/mol. The van der Waals surface area contributed by atoms with E-state index in [2.05, 4.69) is 16.1 Å². The van der Waals surface area contributed by atoms with Crippen molar-refractivity contribution in [2.75, 3.05) is 13.2 Å². The molecule has 0 saturated carbocycles. The first-order valence-corrected chi connectivity index (χ1v) is 8.95. The van der Waals surface area contributed by atoms with Crippen molar-refractivity contribution in [3.8, 4) is 0 Å². The SMILES string of the molecule is C=C/C=C/CCC(C/C=C/C=C/CC)(C(=O)OCC(F)(F)F)C(=O)OCC(F)(F)F. The lowest BCUT2D eigenvalue weighted by atomic mass is 9.79. The van der Waals surface area contributed by atoms with Gasteiger partial charge in [0.05, 0.1) is 0 Å². The molecule has 0 bridgehead atoms. The van der Waals surface area contributed by atoms with E-state index in [1.165, 1.54) is 30.4 Å². The first-order chi connectivity index (χ1) is 13.9. The number of ether oxygens (including phenoxy) is 2. The van der Waals surface area contributed by atoms with Crippen LogP contribution in [-0.4, -0.2) is 37.5 Å². The lowest BCUT2D eigenvalue weighted by Gasteiger charge is -2.28. The maximum absolute atomic E-state index is 12.5. The van der Waals surface area contributed by atoms with Gasteiger partial charge in [-0.25, -0.2) is 0 Å². The maximum atomic E-state index is 12.5. The summed E-state index contributed by atoms with van der Waals surface area (Å²) < 4.78 is 83.2. The van der Waals surface area contributed by atoms with Crippen LogP contribution in [0.4, 0.5) is 26.3 Å². The maximum Gasteiger partial charge on any atom is 0.422 e. The van der Waals surface area contributed by atoms with Gasteiger partial charge in [0.15, 0.2) is 18.6 Å². The Morgan fingerprint density at radius 3 is 1.77 bits per heavy atom. The molecule has 0 aromatic heterocycles. The molecule has 0 rings (SSSR count). The summed E-state index contributed by atoms with van der Waals surface area (Å²) >= 11 is 0. The van der Waals surface area contributed by atoms with Crippen molar-refractivity contribution in [3.63, 3.8) is 0 Å². The van der Waals surface area contributed by atoms with Crippen LogP contribution in [0.3, 0.4) is 0 Å². The largest absolute Gasteiger partial charge is 0.455 e. The molecule has 0 aromatic carbocycles. The van der Waals surface area contributed by atoms with E-state index in [1.54, 1.807) is 12.2 Å². The fourth-order valence-corrected chi connectivity index (χ4v) is 2.21. The van der Waals surface area contributed by atoms with Crippen molar-refractivity contribution in [2.45, 2.75) is 45.0 Å². The zero-order valence-corrected chi connectivity index (χ0v) is 16.4. The van der Waals surface area contributed by atoms with Gasteiger partial charge in [-0.3, -0.25) is 9.59 Å². The van der Waals surface area contributed by atoms with Crippen molar-refractivity contribution in [1.29, 1.82) is 0 Å². The van der Waals surface area contributed by atoms with E-state index in [9.17, 15) is 35.9 Å². The predicted octanol–water partition coefficient (Wildman–Crippen LogP) is 5.62.